The first kappa shape index (κ1) is 17.8. The highest BCUT2D eigenvalue weighted by molar-refractivity contribution is 7.13. The van der Waals surface area contributed by atoms with Crippen LogP contribution in [0.25, 0.3) is 0 Å². The molecule has 0 unspecified atom stereocenters. The van der Waals surface area contributed by atoms with Gasteiger partial charge in [-0.05, 0) is 50.2 Å². The molecule has 7 heteroatoms. The van der Waals surface area contributed by atoms with Crippen molar-refractivity contribution < 1.29 is 14.3 Å². The van der Waals surface area contributed by atoms with Crippen LogP contribution in [0.2, 0.25) is 0 Å². The molecular formula is C21H25N3O3S. The zero-order chi connectivity index (χ0) is 19.1. The standard InChI is InChI=1S/C21H25N3O3S/c1-26-17-12-15-16(13-18(17)27-14-4-2-3-5-14)23-19(25)21(15)6-9-24(10-7-21)20-22-8-11-28-20/h8,11-14H,2-7,9-10H2,1H3,(H,23,25). The molecule has 1 aliphatic carbocycles. The summed E-state index contributed by atoms with van der Waals surface area (Å²) >= 11 is 1.65. The fraction of sp³-hybridized carbons (Fsp3) is 0.524. The summed E-state index contributed by atoms with van der Waals surface area (Å²) in [6.45, 7) is 1.64. The van der Waals surface area contributed by atoms with Gasteiger partial charge in [-0.1, -0.05) is 0 Å². The van der Waals surface area contributed by atoms with E-state index in [1.54, 1.807) is 18.4 Å². The van der Waals surface area contributed by atoms with E-state index in [1.165, 1.54) is 12.8 Å². The van der Waals surface area contributed by atoms with Gasteiger partial charge in [-0.15, -0.1) is 11.3 Å². The summed E-state index contributed by atoms with van der Waals surface area (Å²) in [5.41, 5.74) is 1.44. The van der Waals surface area contributed by atoms with Gasteiger partial charge in [-0.2, -0.15) is 0 Å². The van der Waals surface area contributed by atoms with Crippen LogP contribution in [-0.2, 0) is 10.2 Å². The Bertz CT molecular complexity index is 869. The maximum atomic E-state index is 13.0. The summed E-state index contributed by atoms with van der Waals surface area (Å²) in [7, 11) is 1.67. The van der Waals surface area contributed by atoms with E-state index in [2.05, 4.69) is 15.2 Å². The molecule has 2 aliphatic heterocycles. The molecule has 1 saturated heterocycles. The Labute approximate surface area is 168 Å². The van der Waals surface area contributed by atoms with Gasteiger partial charge in [0.1, 0.15) is 0 Å². The number of nitrogens with zero attached hydrogens (tertiary/aromatic N) is 2. The molecule has 0 atom stereocenters. The zero-order valence-corrected chi connectivity index (χ0v) is 16.9. The number of hydrogen-bond acceptors (Lipinski definition) is 6. The first-order chi connectivity index (χ1) is 13.7. The smallest absolute Gasteiger partial charge is 0.235 e. The highest BCUT2D eigenvalue weighted by Gasteiger charge is 2.49. The number of carbonyl (C=O) groups excluding carboxylic acids is 1. The van der Waals surface area contributed by atoms with Gasteiger partial charge < -0.3 is 19.7 Å². The molecule has 3 heterocycles. The van der Waals surface area contributed by atoms with Gasteiger partial charge in [-0.25, -0.2) is 4.98 Å². The van der Waals surface area contributed by atoms with Crippen LogP contribution in [-0.4, -0.2) is 37.2 Å². The number of anilines is 2. The molecule has 28 heavy (non-hydrogen) atoms. The van der Waals surface area contributed by atoms with E-state index in [0.717, 1.165) is 66.7 Å². The van der Waals surface area contributed by atoms with E-state index >= 15 is 0 Å². The number of methoxy groups -OCH3 is 1. The molecule has 2 aromatic rings. The first-order valence-electron chi connectivity index (χ1n) is 10.0. The number of rotatable bonds is 4. The number of ether oxygens (including phenoxy) is 2. The summed E-state index contributed by atoms with van der Waals surface area (Å²) in [5, 5.41) is 6.15. The molecule has 5 rings (SSSR count). The lowest BCUT2D eigenvalue weighted by atomic mass is 9.73. The average Bonchev–Trinajstić information content (AvgIpc) is 3.46. The van der Waals surface area contributed by atoms with Gasteiger partial charge in [0, 0.05) is 36.4 Å². The first-order valence-corrected chi connectivity index (χ1v) is 10.9. The Hall–Kier alpha value is -2.28. The van der Waals surface area contributed by atoms with Crippen LogP contribution in [0.5, 0.6) is 11.5 Å². The number of aromatic nitrogens is 1. The predicted octanol–water partition coefficient (Wildman–Crippen LogP) is 3.96. The third kappa shape index (κ3) is 2.83. The lowest BCUT2D eigenvalue weighted by molar-refractivity contribution is -0.121. The number of carbonyl (C=O) groups is 1. The molecule has 148 valence electrons. The van der Waals surface area contributed by atoms with Crippen LogP contribution in [0.15, 0.2) is 23.7 Å². The Morgan fingerprint density at radius 1 is 1.21 bits per heavy atom. The highest BCUT2D eigenvalue weighted by Crippen LogP contribution is 2.49. The lowest BCUT2D eigenvalue weighted by Gasteiger charge is -2.38. The lowest BCUT2D eigenvalue weighted by Crippen LogP contribution is -2.46. The second kappa shape index (κ2) is 6.95. The fourth-order valence-corrected chi connectivity index (χ4v) is 5.51. The maximum absolute atomic E-state index is 13.0. The molecular weight excluding hydrogens is 374 g/mol. The molecule has 1 aromatic heterocycles. The normalized spacial score (nSPS) is 21.0. The number of thiazole rings is 1. The summed E-state index contributed by atoms with van der Waals surface area (Å²) < 4.78 is 11.9. The van der Waals surface area contributed by atoms with Crippen molar-refractivity contribution in [2.75, 3.05) is 30.4 Å². The Kier molecular flexibility index (Phi) is 4.42. The largest absolute Gasteiger partial charge is 0.493 e. The van der Waals surface area contributed by atoms with Crippen molar-refractivity contribution in [3.05, 3.63) is 29.3 Å². The summed E-state index contributed by atoms with van der Waals surface area (Å²) in [4.78, 5) is 19.7. The summed E-state index contributed by atoms with van der Waals surface area (Å²) in [5.74, 6) is 1.57. The molecule has 0 bridgehead atoms. The van der Waals surface area contributed by atoms with Crippen LogP contribution >= 0.6 is 11.3 Å². The van der Waals surface area contributed by atoms with Crippen LogP contribution < -0.4 is 19.7 Å². The summed E-state index contributed by atoms with van der Waals surface area (Å²) in [6, 6.07) is 3.99. The number of hydrogen-bond donors (Lipinski definition) is 1. The Balaban J connectivity index is 1.43. The van der Waals surface area contributed by atoms with Crippen molar-refractivity contribution in [1.82, 2.24) is 4.98 Å². The molecule has 1 N–H and O–H groups in total. The van der Waals surface area contributed by atoms with Crippen LogP contribution in [0.4, 0.5) is 10.8 Å². The number of piperidine rings is 1. The SMILES string of the molecule is COc1cc2c(cc1OC1CCCC1)NC(=O)C21CCN(c2nccs2)CC1. The van der Waals surface area contributed by atoms with Crippen molar-refractivity contribution in [3.63, 3.8) is 0 Å². The van der Waals surface area contributed by atoms with E-state index in [-0.39, 0.29) is 12.0 Å². The van der Waals surface area contributed by atoms with Crippen molar-refractivity contribution in [2.45, 2.75) is 50.0 Å². The third-order valence-corrected chi connectivity index (χ3v) is 7.24. The van der Waals surface area contributed by atoms with E-state index in [0.29, 0.717) is 0 Å². The fourth-order valence-electron chi connectivity index (χ4n) is 4.81. The molecule has 1 aromatic carbocycles. The minimum atomic E-state index is -0.484. The molecule has 1 saturated carbocycles. The Morgan fingerprint density at radius 3 is 2.68 bits per heavy atom. The Morgan fingerprint density at radius 2 is 2.00 bits per heavy atom. The van der Waals surface area contributed by atoms with Crippen LogP contribution in [0.1, 0.15) is 44.1 Å². The molecule has 2 fully saturated rings. The minimum absolute atomic E-state index is 0.0985. The zero-order valence-electron chi connectivity index (χ0n) is 16.1. The molecule has 6 nitrogen and oxygen atoms in total. The number of fused-ring (bicyclic) bond motifs is 2. The quantitative estimate of drug-likeness (QED) is 0.843. The van der Waals surface area contributed by atoms with Gasteiger partial charge in [0.05, 0.1) is 18.6 Å². The number of nitrogens with one attached hydrogen (secondary N) is 1. The molecule has 1 spiro atoms. The summed E-state index contributed by atoms with van der Waals surface area (Å²) in [6.07, 6.45) is 8.24. The second-order valence-electron chi connectivity index (χ2n) is 7.91. The molecule has 1 amide bonds. The van der Waals surface area contributed by atoms with Gasteiger partial charge in [-0.3, -0.25) is 4.79 Å². The van der Waals surface area contributed by atoms with Crippen molar-refractivity contribution in [1.29, 1.82) is 0 Å². The second-order valence-corrected chi connectivity index (χ2v) is 8.78. The molecule has 0 radical (unpaired) electrons. The minimum Gasteiger partial charge on any atom is -0.493 e. The van der Waals surface area contributed by atoms with Gasteiger partial charge in [0.2, 0.25) is 5.91 Å². The topological polar surface area (TPSA) is 63.7 Å². The number of benzene rings is 1. The molecule has 3 aliphatic rings. The van der Waals surface area contributed by atoms with E-state index < -0.39 is 5.41 Å². The predicted molar refractivity (Wildman–Crippen MR) is 110 cm³/mol. The van der Waals surface area contributed by atoms with E-state index in [9.17, 15) is 4.79 Å². The number of amides is 1. The van der Waals surface area contributed by atoms with Crippen LogP contribution in [0.3, 0.4) is 0 Å². The van der Waals surface area contributed by atoms with E-state index in [1.807, 2.05) is 23.7 Å². The van der Waals surface area contributed by atoms with Crippen LogP contribution in [0, 0.1) is 0 Å². The highest BCUT2D eigenvalue weighted by atomic mass is 32.1. The average molecular weight is 400 g/mol. The maximum Gasteiger partial charge on any atom is 0.235 e. The van der Waals surface area contributed by atoms with Crippen molar-refractivity contribution in [2.24, 2.45) is 0 Å². The van der Waals surface area contributed by atoms with Gasteiger partial charge >= 0.3 is 0 Å². The van der Waals surface area contributed by atoms with Crippen molar-refractivity contribution in [3.8, 4) is 11.5 Å². The van der Waals surface area contributed by atoms with Crippen molar-refractivity contribution >= 4 is 28.1 Å². The monoisotopic (exact) mass is 399 g/mol. The third-order valence-electron chi connectivity index (χ3n) is 6.40. The van der Waals surface area contributed by atoms with Gasteiger partial charge in [0.15, 0.2) is 16.6 Å². The van der Waals surface area contributed by atoms with Gasteiger partial charge in [0.25, 0.3) is 0 Å². The van der Waals surface area contributed by atoms with E-state index in [4.69, 9.17) is 9.47 Å².